The molecule has 27 heavy (non-hydrogen) atoms. The molecule has 0 amide bonds. The summed E-state index contributed by atoms with van der Waals surface area (Å²) in [5.74, 6) is 4.21. The number of hydrogen-bond donors (Lipinski definition) is 3. The molecule has 0 aliphatic rings. The zero-order chi connectivity index (χ0) is 18.6. The summed E-state index contributed by atoms with van der Waals surface area (Å²) in [6, 6.07) is 7.67. The highest BCUT2D eigenvalue weighted by Gasteiger charge is 2.06. The predicted molar refractivity (Wildman–Crippen MR) is 124 cm³/mol. The number of aliphatic imine (C=N–C) groups is 1. The van der Waals surface area contributed by atoms with E-state index in [1.54, 1.807) is 7.11 Å². The van der Waals surface area contributed by atoms with Gasteiger partial charge in [0.2, 0.25) is 0 Å². The summed E-state index contributed by atoms with van der Waals surface area (Å²) in [7, 11) is 1.65. The molecule has 0 fully saturated rings. The first kappa shape index (κ1) is 23.5. The fourth-order valence-corrected chi connectivity index (χ4v) is 2.80. The van der Waals surface area contributed by atoms with E-state index < -0.39 is 0 Å². The highest BCUT2D eigenvalue weighted by atomic mass is 127. The van der Waals surface area contributed by atoms with Crippen molar-refractivity contribution in [3.8, 4) is 17.1 Å². The number of unbranched alkanes of at least 4 members (excludes halogenated alkanes) is 1. The Balaban J connectivity index is 0.00000364. The molecule has 0 saturated carbocycles. The first-order valence-electron chi connectivity index (χ1n) is 8.83. The van der Waals surface area contributed by atoms with Gasteiger partial charge in [0.05, 0.1) is 7.11 Å². The third kappa shape index (κ3) is 8.37. The fourth-order valence-electron chi connectivity index (χ4n) is 2.31. The quantitative estimate of drug-likeness (QED) is 0.199. The number of ether oxygens (including phenoxy) is 1. The van der Waals surface area contributed by atoms with Crippen LogP contribution in [0.2, 0.25) is 0 Å². The molecule has 1 aromatic carbocycles. The van der Waals surface area contributed by atoms with E-state index in [9.17, 15) is 0 Å². The van der Waals surface area contributed by atoms with E-state index >= 15 is 0 Å². The second-order valence-corrected chi connectivity index (χ2v) is 6.64. The molecular formula is C18H29IN6OS. The highest BCUT2D eigenvalue weighted by Crippen LogP contribution is 2.18. The highest BCUT2D eigenvalue weighted by molar-refractivity contribution is 14.0. The van der Waals surface area contributed by atoms with Gasteiger partial charge in [0.25, 0.3) is 0 Å². The van der Waals surface area contributed by atoms with Crippen molar-refractivity contribution in [3.63, 3.8) is 0 Å². The molecule has 9 heteroatoms. The maximum absolute atomic E-state index is 5.17. The molecule has 2 rings (SSSR count). The van der Waals surface area contributed by atoms with E-state index in [0.717, 1.165) is 42.6 Å². The first-order chi connectivity index (χ1) is 12.8. The van der Waals surface area contributed by atoms with E-state index in [0.29, 0.717) is 12.4 Å². The van der Waals surface area contributed by atoms with Gasteiger partial charge in [-0.2, -0.15) is 16.9 Å². The molecule has 7 nitrogen and oxygen atoms in total. The van der Waals surface area contributed by atoms with Crippen LogP contribution in [0.15, 0.2) is 29.3 Å². The van der Waals surface area contributed by atoms with Crippen molar-refractivity contribution in [1.82, 2.24) is 25.8 Å². The van der Waals surface area contributed by atoms with Gasteiger partial charge in [-0.1, -0.05) is 0 Å². The predicted octanol–water partition coefficient (Wildman–Crippen LogP) is 3.30. The summed E-state index contributed by atoms with van der Waals surface area (Å²) in [6.45, 7) is 4.24. The van der Waals surface area contributed by atoms with Crippen molar-refractivity contribution < 1.29 is 4.74 Å². The van der Waals surface area contributed by atoms with Crippen LogP contribution in [0, 0.1) is 0 Å². The Morgan fingerprint density at radius 1 is 1.22 bits per heavy atom. The molecule has 1 aromatic heterocycles. The lowest BCUT2D eigenvalue weighted by atomic mass is 10.2. The second kappa shape index (κ2) is 13.6. The number of thioether (sulfide) groups is 1. The average molecular weight is 504 g/mol. The molecule has 0 saturated heterocycles. The zero-order valence-electron chi connectivity index (χ0n) is 16.1. The average Bonchev–Trinajstić information content (AvgIpc) is 3.15. The van der Waals surface area contributed by atoms with Gasteiger partial charge < -0.3 is 15.4 Å². The lowest BCUT2D eigenvalue weighted by Gasteiger charge is -2.10. The molecule has 0 radical (unpaired) electrons. The molecule has 150 valence electrons. The second-order valence-electron chi connectivity index (χ2n) is 5.66. The van der Waals surface area contributed by atoms with E-state index in [1.165, 1.54) is 12.2 Å². The Hall–Kier alpha value is -1.49. The third-order valence-corrected chi connectivity index (χ3v) is 4.38. The van der Waals surface area contributed by atoms with Crippen molar-refractivity contribution in [2.24, 2.45) is 4.99 Å². The lowest BCUT2D eigenvalue weighted by molar-refractivity contribution is 0.415. The number of methoxy groups -OCH3 is 1. The van der Waals surface area contributed by atoms with Gasteiger partial charge in [0, 0.05) is 18.7 Å². The number of guanidine groups is 1. The summed E-state index contributed by atoms with van der Waals surface area (Å²) in [5.41, 5.74) is 0.941. The Morgan fingerprint density at radius 3 is 2.67 bits per heavy atom. The lowest BCUT2D eigenvalue weighted by Crippen LogP contribution is -2.37. The molecule has 0 aliphatic heterocycles. The maximum Gasteiger partial charge on any atom is 0.191 e. The minimum absolute atomic E-state index is 0. The molecule has 0 spiro atoms. The number of aromatic amines is 1. The molecule has 0 aliphatic carbocycles. The molecular weight excluding hydrogens is 475 g/mol. The van der Waals surface area contributed by atoms with Crippen molar-refractivity contribution in [2.45, 2.75) is 26.3 Å². The maximum atomic E-state index is 5.17. The summed E-state index contributed by atoms with van der Waals surface area (Å²) in [5, 5.41) is 13.8. The van der Waals surface area contributed by atoms with Crippen LogP contribution in [0.3, 0.4) is 0 Å². The van der Waals surface area contributed by atoms with Gasteiger partial charge in [-0.15, -0.1) is 24.0 Å². The van der Waals surface area contributed by atoms with Crippen molar-refractivity contribution >= 4 is 41.7 Å². The summed E-state index contributed by atoms with van der Waals surface area (Å²) >= 11 is 1.88. The van der Waals surface area contributed by atoms with Crippen molar-refractivity contribution in [2.75, 3.05) is 32.2 Å². The number of halogens is 1. The number of benzene rings is 1. The van der Waals surface area contributed by atoms with E-state index in [4.69, 9.17) is 4.74 Å². The van der Waals surface area contributed by atoms with Crippen molar-refractivity contribution in [1.29, 1.82) is 0 Å². The topological polar surface area (TPSA) is 87.2 Å². The monoisotopic (exact) mass is 504 g/mol. The smallest absolute Gasteiger partial charge is 0.191 e. The molecule has 0 atom stereocenters. The molecule has 0 unspecified atom stereocenters. The Kier molecular flexibility index (Phi) is 11.9. The van der Waals surface area contributed by atoms with Gasteiger partial charge in [-0.3, -0.25) is 5.10 Å². The van der Waals surface area contributed by atoms with Gasteiger partial charge in [0.15, 0.2) is 11.8 Å². The van der Waals surface area contributed by atoms with Crippen LogP contribution in [0.5, 0.6) is 5.75 Å². The largest absolute Gasteiger partial charge is 0.497 e. The summed E-state index contributed by atoms with van der Waals surface area (Å²) in [4.78, 5) is 9.09. The van der Waals surface area contributed by atoms with Crippen LogP contribution in [0.4, 0.5) is 0 Å². The molecule has 1 heterocycles. The van der Waals surface area contributed by atoms with Crippen LogP contribution in [0.25, 0.3) is 11.4 Å². The van der Waals surface area contributed by atoms with Crippen LogP contribution >= 0.6 is 35.7 Å². The summed E-state index contributed by atoms with van der Waals surface area (Å²) in [6.07, 6.45) is 4.48. The minimum atomic E-state index is 0. The van der Waals surface area contributed by atoms with Gasteiger partial charge in [0.1, 0.15) is 18.1 Å². The van der Waals surface area contributed by atoms with E-state index in [-0.39, 0.29) is 24.0 Å². The summed E-state index contributed by atoms with van der Waals surface area (Å²) < 4.78 is 5.17. The minimum Gasteiger partial charge on any atom is -0.497 e. The van der Waals surface area contributed by atoms with Crippen LogP contribution < -0.4 is 15.4 Å². The molecule has 2 aromatic rings. The number of aromatic nitrogens is 3. The fraction of sp³-hybridized carbons (Fsp3) is 0.500. The normalized spacial score (nSPS) is 11.0. The van der Waals surface area contributed by atoms with E-state index in [2.05, 4.69) is 44.0 Å². The number of rotatable bonds is 10. The SMILES string of the molecule is CCNC(=NCc1nc(-c2ccc(OC)cc2)n[nH]1)NCCCCSC.I. The van der Waals surface area contributed by atoms with Gasteiger partial charge in [-0.05, 0) is 56.0 Å². The third-order valence-electron chi connectivity index (χ3n) is 3.68. The number of H-pyrrole nitrogens is 1. The van der Waals surface area contributed by atoms with Crippen LogP contribution in [-0.4, -0.2) is 53.3 Å². The number of nitrogens with zero attached hydrogens (tertiary/aromatic N) is 3. The number of nitrogens with one attached hydrogen (secondary N) is 3. The Morgan fingerprint density at radius 2 is 2.00 bits per heavy atom. The van der Waals surface area contributed by atoms with Crippen molar-refractivity contribution in [3.05, 3.63) is 30.1 Å². The number of hydrogen-bond acceptors (Lipinski definition) is 5. The first-order valence-corrected chi connectivity index (χ1v) is 10.2. The van der Waals surface area contributed by atoms with Gasteiger partial charge in [-0.25, -0.2) is 9.98 Å². The van der Waals surface area contributed by atoms with E-state index in [1.807, 2.05) is 36.0 Å². The Labute approximate surface area is 182 Å². The van der Waals surface area contributed by atoms with Crippen LogP contribution in [-0.2, 0) is 6.54 Å². The van der Waals surface area contributed by atoms with Gasteiger partial charge >= 0.3 is 0 Å². The Bertz CT molecular complexity index is 677. The standard InChI is InChI=1S/C18H28N6OS.HI/c1-4-19-18(20-11-5-6-12-26-3)21-13-16-22-17(24-23-16)14-7-9-15(25-2)10-8-14;/h7-10H,4-6,11-13H2,1-3H3,(H2,19,20,21)(H,22,23,24);1H. The molecule has 3 N–H and O–H groups in total. The zero-order valence-corrected chi connectivity index (χ0v) is 19.3. The molecule has 0 bridgehead atoms. The van der Waals surface area contributed by atoms with Crippen LogP contribution in [0.1, 0.15) is 25.6 Å².